The number of unbranched alkanes of at least 4 members (excludes halogenated alkanes) is 20. The molecule has 0 radical (unpaired) electrons. The average molecular weight is 779 g/mol. The molecular formula is C45H83N2O6P. The lowest BCUT2D eigenvalue weighted by molar-refractivity contribution is -0.123. The van der Waals surface area contributed by atoms with Gasteiger partial charge in [-0.25, -0.2) is 4.57 Å². The predicted octanol–water partition coefficient (Wildman–Crippen LogP) is 12.3. The number of carbonyl (C=O) groups is 1. The monoisotopic (exact) mass is 779 g/mol. The van der Waals surface area contributed by atoms with Crippen molar-refractivity contribution in [2.24, 2.45) is 5.73 Å². The second kappa shape index (κ2) is 40.9. The van der Waals surface area contributed by atoms with Gasteiger partial charge in [-0.05, 0) is 77.0 Å². The fraction of sp³-hybridized carbons (Fsp3) is 0.756. The second-order valence-electron chi connectivity index (χ2n) is 14.5. The van der Waals surface area contributed by atoms with Crippen molar-refractivity contribution in [2.75, 3.05) is 19.8 Å². The molecule has 0 saturated carbocycles. The van der Waals surface area contributed by atoms with Crippen LogP contribution in [-0.2, 0) is 18.4 Å². The van der Waals surface area contributed by atoms with E-state index in [4.69, 9.17) is 14.8 Å². The van der Waals surface area contributed by atoms with Crippen molar-refractivity contribution < 1.29 is 28.4 Å². The van der Waals surface area contributed by atoms with E-state index in [1.54, 1.807) is 6.08 Å². The number of aliphatic hydroxyl groups excluding tert-OH is 1. The summed E-state index contributed by atoms with van der Waals surface area (Å²) in [6.07, 6.45) is 51.3. The maximum Gasteiger partial charge on any atom is 0.472 e. The molecule has 3 unspecified atom stereocenters. The normalized spacial score (nSPS) is 14.7. The molecule has 0 fully saturated rings. The third-order valence-corrected chi connectivity index (χ3v) is 10.3. The maximum absolute atomic E-state index is 12.8. The summed E-state index contributed by atoms with van der Waals surface area (Å²) in [5.74, 6) is -0.215. The summed E-state index contributed by atoms with van der Waals surface area (Å²) in [6, 6.07) is -0.887. The molecular weight excluding hydrogens is 695 g/mol. The van der Waals surface area contributed by atoms with Crippen molar-refractivity contribution in [1.29, 1.82) is 0 Å². The average Bonchev–Trinajstić information content (AvgIpc) is 3.16. The van der Waals surface area contributed by atoms with E-state index < -0.39 is 20.0 Å². The molecule has 0 heterocycles. The first-order valence-corrected chi connectivity index (χ1v) is 23.4. The molecule has 0 spiro atoms. The molecule has 0 rings (SSSR count). The van der Waals surface area contributed by atoms with Crippen molar-refractivity contribution in [3.63, 3.8) is 0 Å². The number of amides is 1. The highest BCUT2D eigenvalue weighted by Gasteiger charge is 2.26. The Kier molecular flexibility index (Phi) is 39.5. The number of rotatable bonds is 40. The SMILES string of the molecule is CCCCCC/C=C/CC/C=C/CC/C=C/C(O)C(COP(=O)(O)OCCN)NC(=O)CCCCCCCCCCC/C=C\C/C=C\CCCCCCC. The van der Waals surface area contributed by atoms with Crippen LogP contribution in [0.3, 0.4) is 0 Å². The summed E-state index contributed by atoms with van der Waals surface area (Å²) < 4.78 is 22.1. The highest BCUT2D eigenvalue weighted by Crippen LogP contribution is 2.43. The van der Waals surface area contributed by atoms with Gasteiger partial charge in [-0.2, -0.15) is 0 Å². The zero-order valence-electron chi connectivity index (χ0n) is 34.7. The van der Waals surface area contributed by atoms with Crippen LogP contribution in [-0.4, -0.2) is 47.8 Å². The van der Waals surface area contributed by atoms with Gasteiger partial charge in [-0.1, -0.05) is 164 Å². The lowest BCUT2D eigenvalue weighted by Gasteiger charge is -2.23. The Labute approximate surface area is 332 Å². The highest BCUT2D eigenvalue weighted by molar-refractivity contribution is 7.47. The van der Waals surface area contributed by atoms with Crippen LogP contribution >= 0.6 is 7.82 Å². The minimum Gasteiger partial charge on any atom is -0.387 e. The Morgan fingerprint density at radius 3 is 1.56 bits per heavy atom. The van der Waals surface area contributed by atoms with Crippen molar-refractivity contribution in [2.45, 2.75) is 199 Å². The number of hydrogen-bond acceptors (Lipinski definition) is 6. The minimum absolute atomic E-state index is 0.0688. The van der Waals surface area contributed by atoms with Crippen LogP contribution < -0.4 is 11.1 Å². The number of phosphoric acid groups is 1. The quantitative estimate of drug-likeness (QED) is 0.0277. The summed E-state index contributed by atoms with van der Waals surface area (Å²) in [4.78, 5) is 22.7. The summed E-state index contributed by atoms with van der Waals surface area (Å²) in [7, 11) is -4.35. The lowest BCUT2D eigenvalue weighted by Crippen LogP contribution is -2.45. The molecule has 0 aromatic rings. The van der Waals surface area contributed by atoms with Gasteiger partial charge in [0.25, 0.3) is 0 Å². The molecule has 0 aliphatic carbocycles. The molecule has 54 heavy (non-hydrogen) atoms. The Morgan fingerprint density at radius 2 is 1.04 bits per heavy atom. The lowest BCUT2D eigenvalue weighted by atomic mass is 10.1. The third kappa shape index (κ3) is 38.5. The topological polar surface area (TPSA) is 131 Å². The van der Waals surface area contributed by atoms with Crippen LogP contribution in [0.1, 0.15) is 187 Å². The largest absolute Gasteiger partial charge is 0.472 e. The molecule has 0 bridgehead atoms. The number of hydrogen-bond donors (Lipinski definition) is 4. The maximum atomic E-state index is 12.8. The molecule has 5 N–H and O–H groups in total. The molecule has 0 saturated heterocycles. The van der Waals surface area contributed by atoms with Crippen molar-refractivity contribution >= 4 is 13.7 Å². The van der Waals surface area contributed by atoms with Crippen LogP contribution in [0.5, 0.6) is 0 Å². The fourth-order valence-corrected chi connectivity index (χ4v) is 6.72. The van der Waals surface area contributed by atoms with E-state index in [-0.39, 0.29) is 25.7 Å². The minimum atomic E-state index is -4.35. The van der Waals surface area contributed by atoms with E-state index in [2.05, 4.69) is 67.8 Å². The number of aliphatic hydroxyl groups is 1. The Bertz CT molecular complexity index is 1030. The predicted molar refractivity (Wildman–Crippen MR) is 230 cm³/mol. The molecule has 9 heteroatoms. The van der Waals surface area contributed by atoms with Crippen molar-refractivity contribution in [3.8, 4) is 0 Å². The third-order valence-electron chi connectivity index (χ3n) is 9.29. The van der Waals surface area contributed by atoms with E-state index in [9.17, 15) is 19.4 Å². The molecule has 1 amide bonds. The van der Waals surface area contributed by atoms with Crippen LogP contribution in [0.2, 0.25) is 0 Å². The fourth-order valence-electron chi connectivity index (χ4n) is 5.96. The number of allylic oxidation sites excluding steroid dienone is 9. The molecule has 0 aromatic carbocycles. The Hall–Kier alpha value is -1.80. The van der Waals surface area contributed by atoms with Gasteiger partial charge < -0.3 is 21.1 Å². The van der Waals surface area contributed by atoms with Gasteiger partial charge >= 0.3 is 7.82 Å². The van der Waals surface area contributed by atoms with Crippen molar-refractivity contribution in [1.82, 2.24) is 5.32 Å². The summed E-state index contributed by atoms with van der Waals surface area (Å²) in [5.41, 5.74) is 5.37. The van der Waals surface area contributed by atoms with Gasteiger partial charge in [-0.15, -0.1) is 0 Å². The zero-order valence-corrected chi connectivity index (χ0v) is 35.6. The molecule has 314 valence electrons. The first-order valence-electron chi connectivity index (χ1n) is 21.9. The van der Waals surface area contributed by atoms with E-state index >= 15 is 0 Å². The smallest absolute Gasteiger partial charge is 0.387 e. The first-order chi connectivity index (χ1) is 26.4. The number of carbonyl (C=O) groups excluding carboxylic acids is 1. The summed E-state index contributed by atoms with van der Waals surface area (Å²) in [6.45, 7) is 4.06. The molecule has 3 atom stereocenters. The molecule has 8 nitrogen and oxygen atoms in total. The van der Waals surface area contributed by atoms with Crippen LogP contribution in [0.15, 0.2) is 60.8 Å². The molecule has 0 aromatic heterocycles. The first kappa shape index (κ1) is 52.2. The molecule has 0 aliphatic heterocycles. The Morgan fingerprint density at radius 1 is 0.611 bits per heavy atom. The second-order valence-corrected chi connectivity index (χ2v) is 16.0. The number of nitrogens with two attached hydrogens (primary N) is 1. The van der Waals surface area contributed by atoms with E-state index in [0.29, 0.717) is 6.42 Å². The van der Waals surface area contributed by atoms with Crippen molar-refractivity contribution in [3.05, 3.63) is 60.8 Å². The van der Waals surface area contributed by atoms with Gasteiger partial charge in [0.05, 0.1) is 25.4 Å². The highest BCUT2D eigenvalue weighted by atomic mass is 31.2. The van der Waals surface area contributed by atoms with Gasteiger partial charge in [0.15, 0.2) is 0 Å². The van der Waals surface area contributed by atoms with E-state index in [0.717, 1.165) is 57.8 Å². The van der Waals surface area contributed by atoms with Gasteiger partial charge in [-0.3, -0.25) is 13.8 Å². The summed E-state index contributed by atoms with van der Waals surface area (Å²) >= 11 is 0. The standard InChI is InChI=1S/C45H83N2O6P/c1-3-5-7-9-11-13-15-17-19-20-21-22-23-24-25-27-29-31-33-35-37-39-45(49)47-43(42-53-54(50,51)52-41-40-46)44(48)38-36-34-32-30-28-26-18-16-14-12-10-8-6-4-2/h14-17,20-21,28,30,36,38,43-44,48H,3-13,18-19,22-27,29,31-35,37,39-42,46H2,1-2H3,(H,47,49)(H,50,51)/b16-14+,17-15-,21-20-,30-28+,38-36+. The number of nitrogens with one attached hydrogen (secondary N) is 1. The number of phosphoric ester groups is 1. The van der Waals surface area contributed by atoms with Gasteiger partial charge in [0, 0.05) is 13.0 Å². The molecule has 0 aliphatic rings. The summed E-state index contributed by atoms with van der Waals surface area (Å²) in [5, 5.41) is 13.6. The van der Waals surface area contributed by atoms with E-state index in [1.807, 2.05) is 6.08 Å². The van der Waals surface area contributed by atoms with Crippen LogP contribution in [0.4, 0.5) is 0 Å². The van der Waals surface area contributed by atoms with Crippen LogP contribution in [0.25, 0.3) is 0 Å². The Balaban J connectivity index is 4.24. The van der Waals surface area contributed by atoms with E-state index in [1.165, 1.54) is 109 Å². The van der Waals surface area contributed by atoms with Gasteiger partial charge in [0.1, 0.15) is 0 Å². The zero-order chi connectivity index (χ0) is 39.6. The van der Waals surface area contributed by atoms with Crippen LogP contribution in [0, 0.1) is 0 Å². The van der Waals surface area contributed by atoms with Gasteiger partial charge in [0.2, 0.25) is 5.91 Å².